The van der Waals surface area contributed by atoms with Gasteiger partial charge in [-0.3, -0.25) is 9.59 Å². The van der Waals surface area contributed by atoms with Crippen LogP contribution in [0.25, 0.3) is 0 Å². The first-order chi connectivity index (χ1) is 11.1. The van der Waals surface area contributed by atoms with E-state index in [2.05, 4.69) is 22.3 Å². The third kappa shape index (κ3) is 3.42. The molecule has 0 unspecified atom stereocenters. The molecule has 2 aromatic carbocycles. The van der Waals surface area contributed by atoms with Crippen LogP contribution in [-0.4, -0.2) is 24.8 Å². The number of ketones is 1. The van der Waals surface area contributed by atoms with Gasteiger partial charge in [0.2, 0.25) is 5.91 Å². The summed E-state index contributed by atoms with van der Waals surface area (Å²) in [5, 5.41) is 2.87. The summed E-state index contributed by atoms with van der Waals surface area (Å²) in [6.45, 7) is 2.67. The van der Waals surface area contributed by atoms with E-state index in [0.29, 0.717) is 17.8 Å². The number of rotatable bonds is 4. The molecule has 0 bridgehead atoms. The van der Waals surface area contributed by atoms with Crippen LogP contribution in [0.2, 0.25) is 0 Å². The molecule has 4 heteroatoms. The number of Topliss-reactive ketones (excluding diaryl/α,β-unsaturated/α-hetero) is 1. The minimum absolute atomic E-state index is 0.0516. The highest BCUT2D eigenvalue weighted by atomic mass is 16.2. The van der Waals surface area contributed by atoms with Crippen LogP contribution in [0.5, 0.6) is 0 Å². The zero-order chi connectivity index (χ0) is 16.2. The second kappa shape index (κ2) is 6.65. The van der Waals surface area contributed by atoms with Gasteiger partial charge in [-0.05, 0) is 43.5 Å². The Hall–Kier alpha value is -2.62. The molecule has 0 saturated carbocycles. The number of aryl methyl sites for hydroxylation is 1. The molecule has 1 aliphatic rings. The zero-order valence-corrected chi connectivity index (χ0v) is 13.2. The number of carbonyl (C=O) groups is 2. The van der Waals surface area contributed by atoms with Gasteiger partial charge >= 0.3 is 0 Å². The predicted molar refractivity (Wildman–Crippen MR) is 92.1 cm³/mol. The Labute approximate surface area is 136 Å². The van der Waals surface area contributed by atoms with E-state index in [4.69, 9.17) is 0 Å². The number of hydrogen-bond acceptors (Lipinski definition) is 3. The molecule has 1 amide bonds. The number of fused-ring (bicyclic) bond motifs is 1. The van der Waals surface area contributed by atoms with E-state index in [1.807, 2.05) is 18.2 Å². The molecule has 0 fully saturated rings. The molecule has 0 radical (unpaired) electrons. The summed E-state index contributed by atoms with van der Waals surface area (Å²) in [5.41, 5.74) is 3.54. The highest BCUT2D eigenvalue weighted by molar-refractivity contribution is 6.04. The van der Waals surface area contributed by atoms with Gasteiger partial charge in [0.25, 0.3) is 0 Å². The fourth-order valence-corrected chi connectivity index (χ4v) is 3.04. The fraction of sp³-hybridized carbons (Fsp3) is 0.263. The number of benzene rings is 2. The SMILES string of the molecule is CC(=O)c1ccccc1NC(=O)CN1CCCc2ccccc21. The van der Waals surface area contributed by atoms with E-state index in [9.17, 15) is 9.59 Å². The average Bonchev–Trinajstić information content (AvgIpc) is 2.55. The molecule has 1 heterocycles. The lowest BCUT2D eigenvalue weighted by Crippen LogP contribution is -2.36. The summed E-state index contributed by atoms with van der Waals surface area (Å²) in [7, 11) is 0. The van der Waals surface area contributed by atoms with Crippen LogP contribution in [0.1, 0.15) is 29.3 Å². The number of hydrogen-bond donors (Lipinski definition) is 1. The van der Waals surface area contributed by atoms with Crippen LogP contribution in [-0.2, 0) is 11.2 Å². The maximum Gasteiger partial charge on any atom is 0.243 e. The van der Waals surface area contributed by atoms with Crippen molar-refractivity contribution in [3.63, 3.8) is 0 Å². The van der Waals surface area contributed by atoms with Crippen molar-refractivity contribution in [3.05, 3.63) is 59.7 Å². The van der Waals surface area contributed by atoms with E-state index < -0.39 is 0 Å². The summed E-state index contributed by atoms with van der Waals surface area (Å²) in [4.78, 5) is 26.1. The molecule has 3 rings (SSSR count). The van der Waals surface area contributed by atoms with Crippen molar-refractivity contribution in [2.75, 3.05) is 23.3 Å². The minimum atomic E-state index is -0.101. The third-order valence-corrected chi connectivity index (χ3v) is 4.12. The smallest absolute Gasteiger partial charge is 0.243 e. The van der Waals surface area contributed by atoms with Gasteiger partial charge < -0.3 is 10.2 Å². The molecule has 1 N–H and O–H groups in total. The lowest BCUT2D eigenvalue weighted by Gasteiger charge is -2.30. The van der Waals surface area contributed by atoms with Crippen LogP contribution in [0.3, 0.4) is 0 Å². The molecular weight excluding hydrogens is 288 g/mol. The first-order valence-electron chi connectivity index (χ1n) is 7.88. The second-order valence-corrected chi connectivity index (χ2v) is 5.80. The number of anilines is 2. The molecule has 0 aliphatic carbocycles. The predicted octanol–water partition coefficient (Wildman–Crippen LogP) is 3.28. The summed E-state index contributed by atoms with van der Waals surface area (Å²) < 4.78 is 0. The highest BCUT2D eigenvalue weighted by Crippen LogP contribution is 2.26. The molecule has 0 saturated heterocycles. The normalized spacial score (nSPS) is 13.3. The van der Waals surface area contributed by atoms with Gasteiger partial charge in [-0.15, -0.1) is 0 Å². The van der Waals surface area contributed by atoms with Crippen molar-refractivity contribution in [2.45, 2.75) is 19.8 Å². The maximum atomic E-state index is 12.4. The fourth-order valence-electron chi connectivity index (χ4n) is 3.04. The van der Waals surface area contributed by atoms with Crippen molar-refractivity contribution in [1.29, 1.82) is 0 Å². The van der Waals surface area contributed by atoms with Crippen LogP contribution < -0.4 is 10.2 Å². The van der Waals surface area contributed by atoms with Gasteiger partial charge in [0.05, 0.1) is 12.2 Å². The van der Waals surface area contributed by atoms with E-state index in [1.165, 1.54) is 12.5 Å². The molecule has 1 aliphatic heterocycles. The van der Waals surface area contributed by atoms with Crippen molar-refractivity contribution in [1.82, 2.24) is 0 Å². The lowest BCUT2D eigenvalue weighted by molar-refractivity contribution is -0.115. The third-order valence-electron chi connectivity index (χ3n) is 4.12. The zero-order valence-electron chi connectivity index (χ0n) is 13.2. The average molecular weight is 308 g/mol. The lowest BCUT2D eigenvalue weighted by atomic mass is 10.0. The summed E-state index contributed by atoms with van der Waals surface area (Å²) in [5.74, 6) is -0.153. The van der Waals surface area contributed by atoms with E-state index in [-0.39, 0.29) is 11.7 Å². The Morgan fingerprint density at radius 1 is 1.09 bits per heavy atom. The quantitative estimate of drug-likeness (QED) is 0.882. The van der Waals surface area contributed by atoms with Gasteiger partial charge in [-0.2, -0.15) is 0 Å². The van der Waals surface area contributed by atoms with Crippen molar-refractivity contribution in [3.8, 4) is 0 Å². The summed E-state index contributed by atoms with van der Waals surface area (Å²) in [6.07, 6.45) is 2.11. The largest absolute Gasteiger partial charge is 0.362 e. The topological polar surface area (TPSA) is 49.4 Å². The van der Waals surface area contributed by atoms with Crippen LogP contribution in [0, 0.1) is 0 Å². The monoisotopic (exact) mass is 308 g/mol. The first-order valence-corrected chi connectivity index (χ1v) is 7.88. The molecule has 4 nitrogen and oxygen atoms in total. The Kier molecular flexibility index (Phi) is 4.42. The Morgan fingerprint density at radius 2 is 1.83 bits per heavy atom. The Morgan fingerprint density at radius 3 is 2.65 bits per heavy atom. The standard InChI is InChI=1S/C19H20N2O2/c1-14(22)16-9-3-4-10-17(16)20-19(23)13-21-12-6-8-15-7-2-5-11-18(15)21/h2-5,7,9-11H,6,8,12-13H2,1H3,(H,20,23). The van der Waals surface area contributed by atoms with Gasteiger partial charge in [0, 0.05) is 17.8 Å². The van der Waals surface area contributed by atoms with Gasteiger partial charge in [0.1, 0.15) is 0 Å². The first kappa shape index (κ1) is 15.3. The molecule has 0 atom stereocenters. The number of nitrogens with zero attached hydrogens (tertiary/aromatic N) is 1. The summed E-state index contributed by atoms with van der Waals surface area (Å²) in [6, 6.07) is 15.3. The van der Waals surface area contributed by atoms with Crippen molar-refractivity contribution in [2.24, 2.45) is 0 Å². The summed E-state index contributed by atoms with van der Waals surface area (Å²) >= 11 is 0. The number of carbonyl (C=O) groups excluding carboxylic acids is 2. The van der Waals surface area contributed by atoms with Gasteiger partial charge in [-0.1, -0.05) is 30.3 Å². The van der Waals surface area contributed by atoms with E-state index in [1.54, 1.807) is 18.2 Å². The van der Waals surface area contributed by atoms with E-state index >= 15 is 0 Å². The van der Waals surface area contributed by atoms with E-state index in [0.717, 1.165) is 25.1 Å². The maximum absolute atomic E-state index is 12.4. The highest BCUT2D eigenvalue weighted by Gasteiger charge is 2.19. The molecule has 0 aromatic heterocycles. The Balaban J connectivity index is 1.73. The van der Waals surface area contributed by atoms with Crippen molar-refractivity contribution < 1.29 is 9.59 Å². The van der Waals surface area contributed by atoms with Gasteiger partial charge in [0.15, 0.2) is 5.78 Å². The number of amides is 1. The number of nitrogens with one attached hydrogen (secondary N) is 1. The second-order valence-electron chi connectivity index (χ2n) is 5.80. The molecule has 0 spiro atoms. The van der Waals surface area contributed by atoms with Gasteiger partial charge in [-0.25, -0.2) is 0 Å². The minimum Gasteiger partial charge on any atom is -0.362 e. The van der Waals surface area contributed by atoms with Crippen LogP contribution in [0.15, 0.2) is 48.5 Å². The number of para-hydroxylation sites is 2. The van der Waals surface area contributed by atoms with Crippen molar-refractivity contribution >= 4 is 23.1 Å². The molecule has 2 aromatic rings. The van der Waals surface area contributed by atoms with Crippen LogP contribution >= 0.6 is 0 Å². The molecular formula is C19H20N2O2. The molecule has 23 heavy (non-hydrogen) atoms. The molecule has 118 valence electrons. The Bertz CT molecular complexity index is 740. The van der Waals surface area contributed by atoms with Crippen LogP contribution in [0.4, 0.5) is 11.4 Å².